The van der Waals surface area contributed by atoms with Gasteiger partial charge in [0.2, 0.25) is 0 Å². The summed E-state index contributed by atoms with van der Waals surface area (Å²) in [5, 5.41) is 2.96. The van der Waals surface area contributed by atoms with Crippen LogP contribution in [0.15, 0.2) is 71.6 Å². The maximum absolute atomic E-state index is 13.9. The van der Waals surface area contributed by atoms with Crippen LogP contribution in [0.5, 0.6) is 5.75 Å². The average molecular weight is 576 g/mol. The first kappa shape index (κ1) is 29.1. The minimum atomic E-state index is -3.94. The molecule has 0 spiro atoms. The number of piperidine rings is 1. The summed E-state index contributed by atoms with van der Waals surface area (Å²) in [5.74, 6) is 0.0270. The topological polar surface area (TPSA) is 79.0 Å². The number of anilines is 1. The molecule has 1 atom stereocenters. The van der Waals surface area contributed by atoms with Gasteiger partial charge in [0, 0.05) is 13.1 Å². The molecule has 5 rings (SSSR count). The molecule has 0 unspecified atom stereocenters. The molecular formula is C33H41N3O4S. The van der Waals surface area contributed by atoms with Crippen molar-refractivity contribution >= 4 is 21.6 Å². The van der Waals surface area contributed by atoms with E-state index in [1.165, 1.54) is 29.1 Å². The van der Waals surface area contributed by atoms with Crippen LogP contribution >= 0.6 is 0 Å². The van der Waals surface area contributed by atoms with Gasteiger partial charge < -0.3 is 10.1 Å². The second-order valence-electron chi connectivity index (χ2n) is 12.3. The Morgan fingerprint density at radius 3 is 2.24 bits per heavy atom. The van der Waals surface area contributed by atoms with E-state index in [0.29, 0.717) is 18.0 Å². The van der Waals surface area contributed by atoms with E-state index in [1.54, 1.807) is 30.3 Å². The van der Waals surface area contributed by atoms with Gasteiger partial charge in [-0.1, -0.05) is 75.2 Å². The number of fused-ring (bicyclic) bond motifs is 1. The number of hydrogen-bond donors (Lipinski definition) is 1. The van der Waals surface area contributed by atoms with Crippen LogP contribution < -0.4 is 14.4 Å². The smallest absolute Gasteiger partial charge is 0.264 e. The van der Waals surface area contributed by atoms with E-state index in [1.807, 2.05) is 31.2 Å². The summed E-state index contributed by atoms with van der Waals surface area (Å²) in [5.41, 5.74) is 4.46. The fraction of sp³-hybridized carbons (Fsp3) is 0.424. The molecule has 1 amide bonds. The predicted molar refractivity (Wildman–Crippen MR) is 163 cm³/mol. The highest BCUT2D eigenvalue weighted by molar-refractivity contribution is 7.92. The minimum Gasteiger partial charge on any atom is -0.476 e. The van der Waals surface area contributed by atoms with Crippen molar-refractivity contribution in [1.29, 1.82) is 0 Å². The molecule has 0 radical (unpaired) electrons. The second-order valence-corrected chi connectivity index (χ2v) is 14.1. The molecule has 2 aliphatic rings. The summed E-state index contributed by atoms with van der Waals surface area (Å²) >= 11 is 0. The molecule has 7 nitrogen and oxygen atoms in total. The Labute approximate surface area is 244 Å². The Bertz CT molecular complexity index is 1470. The molecule has 8 heteroatoms. The lowest BCUT2D eigenvalue weighted by Gasteiger charge is -2.36. The Kier molecular flexibility index (Phi) is 8.43. The van der Waals surface area contributed by atoms with Gasteiger partial charge in [-0.15, -0.1) is 0 Å². The van der Waals surface area contributed by atoms with Gasteiger partial charge in [0.15, 0.2) is 6.10 Å². The van der Waals surface area contributed by atoms with Crippen LogP contribution in [-0.2, 0) is 33.3 Å². The van der Waals surface area contributed by atoms with Gasteiger partial charge >= 0.3 is 0 Å². The zero-order valence-electron chi connectivity index (χ0n) is 24.5. The van der Waals surface area contributed by atoms with E-state index in [9.17, 15) is 13.2 Å². The molecule has 1 N–H and O–H groups in total. The van der Waals surface area contributed by atoms with Crippen LogP contribution in [0.25, 0.3) is 0 Å². The lowest BCUT2D eigenvalue weighted by molar-refractivity contribution is -0.127. The summed E-state index contributed by atoms with van der Waals surface area (Å²) in [7, 11) is -3.94. The number of sulfonamides is 1. The fourth-order valence-electron chi connectivity index (χ4n) is 5.36. The van der Waals surface area contributed by atoms with Crippen molar-refractivity contribution in [1.82, 2.24) is 10.2 Å². The maximum Gasteiger partial charge on any atom is 0.264 e. The van der Waals surface area contributed by atoms with Crippen molar-refractivity contribution < 1.29 is 17.9 Å². The van der Waals surface area contributed by atoms with Gasteiger partial charge in [-0.05, 0) is 79.2 Å². The van der Waals surface area contributed by atoms with Crippen LogP contribution in [0.4, 0.5) is 5.69 Å². The molecule has 0 aliphatic carbocycles. The summed E-state index contributed by atoms with van der Waals surface area (Å²) < 4.78 is 35.2. The summed E-state index contributed by atoms with van der Waals surface area (Å²) in [4.78, 5) is 16.0. The van der Waals surface area contributed by atoms with Crippen molar-refractivity contribution in [2.75, 3.05) is 23.9 Å². The van der Waals surface area contributed by atoms with Gasteiger partial charge in [0.05, 0.1) is 17.1 Å². The third-order valence-corrected chi connectivity index (χ3v) is 9.73. The molecule has 0 aromatic heterocycles. The molecule has 3 aromatic carbocycles. The number of nitrogens with one attached hydrogen (secondary N) is 1. The molecular weight excluding hydrogens is 534 g/mol. The number of benzene rings is 3. The van der Waals surface area contributed by atoms with E-state index in [-0.39, 0.29) is 22.8 Å². The van der Waals surface area contributed by atoms with Crippen LogP contribution in [0.1, 0.15) is 62.3 Å². The lowest BCUT2D eigenvalue weighted by Crippen LogP contribution is -2.50. The molecule has 218 valence electrons. The number of carbonyl (C=O) groups is 1. The average Bonchev–Trinajstić information content (AvgIpc) is 2.96. The summed E-state index contributed by atoms with van der Waals surface area (Å²) in [6, 6.07) is 20.7. The number of hydrogen-bond acceptors (Lipinski definition) is 5. The van der Waals surface area contributed by atoms with E-state index in [0.717, 1.165) is 36.3 Å². The highest BCUT2D eigenvalue weighted by Gasteiger charge is 2.38. The first-order chi connectivity index (χ1) is 19.5. The van der Waals surface area contributed by atoms with E-state index >= 15 is 0 Å². The highest BCUT2D eigenvalue weighted by atomic mass is 32.2. The molecule has 1 fully saturated rings. The molecule has 41 heavy (non-hydrogen) atoms. The second kappa shape index (κ2) is 11.9. The number of aryl methyl sites for hydroxylation is 1. The van der Waals surface area contributed by atoms with Crippen molar-refractivity contribution in [2.45, 2.75) is 76.5 Å². The zero-order chi connectivity index (χ0) is 29.2. The van der Waals surface area contributed by atoms with Crippen LogP contribution in [-0.4, -0.2) is 45.0 Å². The highest BCUT2D eigenvalue weighted by Crippen LogP contribution is 2.40. The molecule has 1 saturated heterocycles. The predicted octanol–water partition coefficient (Wildman–Crippen LogP) is 5.55. The van der Waals surface area contributed by atoms with Gasteiger partial charge in [-0.3, -0.25) is 14.0 Å². The molecule has 2 aliphatic heterocycles. The molecule has 0 saturated carbocycles. The third kappa shape index (κ3) is 6.76. The Balaban J connectivity index is 1.33. The minimum absolute atomic E-state index is 0.114. The monoisotopic (exact) mass is 575 g/mol. The zero-order valence-corrected chi connectivity index (χ0v) is 25.3. The Morgan fingerprint density at radius 1 is 0.927 bits per heavy atom. The lowest BCUT2D eigenvalue weighted by atomic mass is 9.86. The standard InChI is InChI=1S/C33H41N3O4S/c1-24-8-15-28(16-9-24)41(38,39)36-23-31(40-30-17-14-27(20-29(30)36)33(2,3)4)32(37)34-21-25-10-12-26(13-11-25)22-35-18-6-5-7-19-35/h8-17,20,31H,5-7,18-19,21-23H2,1-4H3,(H,34,37)/t31-/m1/s1. The summed E-state index contributed by atoms with van der Waals surface area (Å²) in [6.45, 7) is 11.6. The molecule has 0 bridgehead atoms. The fourth-order valence-corrected chi connectivity index (χ4v) is 6.83. The van der Waals surface area contributed by atoms with Crippen molar-refractivity contribution in [3.05, 3.63) is 89.0 Å². The van der Waals surface area contributed by atoms with Crippen LogP contribution in [0.2, 0.25) is 0 Å². The Morgan fingerprint density at radius 2 is 1.59 bits per heavy atom. The largest absolute Gasteiger partial charge is 0.476 e. The number of ether oxygens (including phenoxy) is 1. The number of nitrogens with zero attached hydrogens (tertiary/aromatic N) is 2. The summed E-state index contributed by atoms with van der Waals surface area (Å²) in [6.07, 6.45) is 2.86. The number of rotatable bonds is 7. The molecule has 2 heterocycles. The number of amides is 1. The van der Waals surface area contributed by atoms with Gasteiger partial charge in [-0.2, -0.15) is 0 Å². The first-order valence-electron chi connectivity index (χ1n) is 14.5. The third-order valence-electron chi connectivity index (χ3n) is 7.94. The first-order valence-corrected chi connectivity index (χ1v) is 15.9. The van der Waals surface area contributed by atoms with E-state index in [4.69, 9.17) is 4.74 Å². The number of likely N-dealkylation sites (tertiary alicyclic amines) is 1. The molecule has 3 aromatic rings. The normalized spacial score (nSPS) is 18.0. The Hall–Kier alpha value is -3.36. The number of carbonyl (C=O) groups excluding carboxylic acids is 1. The van der Waals surface area contributed by atoms with E-state index < -0.39 is 16.1 Å². The quantitative estimate of drug-likeness (QED) is 0.400. The van der Waals surface area contributed by atoms with Crippen molar-refractivity contribution in [3.63, 3.8) is 0 Å². The van der Waals surface area contributed by atoms with Crippen molar-refractivity contribution in [3.8, 4) is 5.75 Å². The van der Waals surface area contributed by atoms with Gasteiger partial charge in [0.25, 0.3) is 15.9 Å². The van der Waals surface area contributed by atoms with E-state index in [2.05, 4.69) is 43.1 Å². The van der Waals surface area contributed by atoms with Crippen LogP contribution in [0, 0.1) is 6.92 Å². The van der Waals surface area contributed by atoms with Crippen LogP contribution in [0.3, 0.4) is 0 Å². The van der Waals surface area contributed by atoms with Gasteiger partial charge in [0.1, 0.15) is 5.75 Å². The maximum atomic E-state index is 13.9. The van der Waals surface area contributed by atoms with Crippen molar-refractivity contribution in [2.24, 2.45) is 0 Å². The SMILES string of the molecule is Cc1ccc(S(=O)(=O)N2C[C@H](C(=O)NCc3ccc(CN4CCCCC4)cc3)Oc3ccc(C(C)(C)C)cc32)cc1. The van der Waals surface area contributed by atoms with Gasteiger partial charge in [-0.25, -0.2) is 8.42 Å².